The van der Waals surface area contributed by atoms with Crippen molar-refractivity contribution in [3.8, 4) is 6.07 Å². The summed E-state index contributed by atoms with van der Waals surface area (Å²) < 4.78 is 5.10. The number of amides is 1. The summed E-state index contributed by atoms with van der Waals surface area (Å²) in [5.41, 5.74) is 0.278. The number of ether oxygens (including phenoxy) is 1. The molecule has 1 aromatic heterocycles. The van der Waals surface area contributed by atoms with Crippen LogP contribution >= 0.6 is 23.4 Å². The molecule has 0 N–H and O–H groups in total. The van der Waals surface area contributed by atoms with E-state index in [1.807, 2.05) is 18.2 Å². The molecule has 0 aliphatic carbocycles. The van der Waals surface area contributed by atoms with Crippen LogP contribution in [-0.2, 0) is 9.53 Å². The summed E-state index contributed by atoms with van der Waals surface area (Å²) in [5.74, 6) is -0.999. The second-order valence-electron chi connectivity index (χ2n) is 5.21. The van der Waals surface area contributed by atoms with Crippen molar-refractivity contribution in [3.63, 3.8) is 0 Å². The highest BCUT2D eigenvalue weighted by molar-refractivity contribution is 7.99. The van der Waals surface area contributed by atoms with Gasteiger partial charge >= 0.3 is 5.97 Å². The fourth-order valence-corrected chi connectivity index (χ4v) is 2.90. The van der Waals surface area contributed by atoms with Gasteiger partial charge in [0.15, 0.2) is 6.61 Å². The molecule has 0 bridgehead atoms. The second-order valence-corrected chi connectivity index (χ2v) is 6.71. The molecule has 0 atom stereocenters. The standard InChI is InChI=1S/C18H16ClN3O3S/c1-22(11-3-9-20)16(23)12-25-18(24)15-4-2-10-21-17(15)26-14-7-5-13(19)6-8-14/h2,4-8,10H,3,11-12H2,1H3. The zero-order chi connectivity index (χ0) is 18.9. The largest absolute Gasteiger partial charge is 0.452 e. The minimum Gasteiger partial charge on any atom is -0.452 e. The van der Waals surface area contributed by atoms with Crippen LogP contribution in [0.3, 0.4) is 0 Å². The SMILES string of the molecule is CN(CCC#N)C(=O)COC(=O)c1cccnc1Sc1ccc(Cl)cc1. The molecule has 0 unspecified atom stereocenters. The van der Waals surface area contributed by atoms with Crippen LogP contribution in [0, 0.1) is 11.3 Å². The fourth-order valence-electron chi connectivity index (χ4n) is 1.90. The number of hydrogen-bond acceptors (Lipinski definition) is 6. The van der Waals surface area contributed by atoms with E-state index in [-0.39, 0.29) is 31.0 Å². The molecule has 2 aromatic rings. The Bertz CT molecular complexity index is 821. The number of benzene rings is 1. The first kappa shape index (κ1) is 19.8. The minimum atomic E-state index is -0.628. The number of carbonyl (C=O) groups excluding carboxylic acids is 2. The number of esters is 1. The zero-order valence-electron chi connectivity index (χ0n) is 14.0. The summed E-state index contributed by atoms with van der Waals surface area (Å²) in [6.07, 6.45) is 1.80. The summed E-state index contributed by atoms with van der Waals surface area (Å²) >= 11 is 7.17. The number of aromatic nitrogens is 1. The van der Waals surface area contributed by atoms with Crippen molar-refractivity contribution in [2.75, 3.05) is 20.2 Å². The highest BCUT2D eigenvalue weighted by Crippen LogP contribution is 2.29. The van der Waals surface area contributed by atoms with Crippen LogP contribution < -0.4 is 0 Å². The number of halogens is 1. The number of nitriles is 1. The Morgan fingerprint density at radius 2 is 2.04 bits per heavy atom. The minimum absolute atomic E-state index is 0.223. The fraction of sp³-hybridized carbons (Fsp3) is 0.222. The highest BCUT2D eigenvalue weighted by Gasteiger charge is 2.17. The van der Waals surface area contributed by atoms with Gasteiger partial charge in [-0.3, -0.25) is 4.79 Å². The maximum atomic E-state index is 12.3. The van der Waals surface area contributed by atoms with E-state index in [1.54, 1.807) is 37.5 Å². The topological polar surface area (TPSA) is 83.3 Å². The molecular weight excluding hydrogens is 374 g/mol. The summed E-state index contributed by atoms with van der Waals surface area (Å²) in [6.45, 7) is -0.0991. The third-order valence-corrected chi connectivity index (χ3v) is 4.61. The van der Waals surface area contributed by atoms with E-state index in [4.69, 9.17) is 21.6 Å². The Morgan fingerprint density at radius 1 is 1.31 bits per heavy atom. The molecule has 26 heavy (non-hydrogen) atoms. The lowest BCUT2D eigenvalue weighted by molar-refractivity contribution is -0.133. The van der Waals surface area contributed by atoms with E-state index in [0.29, 0.717) is 10.0 Å². The molecule has 6 nitrogen and oxygen atoms in total. The molecule has 2 rings (SSSR count). The maximum absolute atomic E-state index is 12.3. The molecule has 0 saturated heterocycles. The van der Waals surface area contributed by atoms with Gasteiger partial charge < -0.3 is 9.64 Å². The van der Waals surface area contributed by atoms with E-state index < -0.39 is 5.97 Å². The monoisotopic (exact) mass is 389 g/mol. The summed E-state index contributed by atoms with van der Waals surface area (Å²) in [5, 5.41) is 9.64. The van der Waals surface area contributed by atoms with Crippen LogP contribution in [-0.4, -0.2) is 42.0 Å². The molecule has 0 saturated carbocycles. The average molecular weight is 390 g/mol. The van der Waals surface area contributed by atoms with Crippen molar-refractivity contribution in [2.45, 2.75) is 16.3 Å². The smallest absolute Gasteiger partial charge is 0.341 e. The summed E-state index contributed by atoms with van der Waals surface area (Å²) in [4.78, 5) is 30.7. The molecule has 0 aliphatic rings. The molecule has 1 heterocycles. The van der Waals surface area contributed by atoms with Crippen molar-refractivity contribution in [3.05, 3.63) is 53.2 Å². The maximum Gasteiger partial charge on any atom is 0.341 e. The zero-order valence-corrected chi connectivity index (χ0v) is 15.6. The van der Waals surface area contributed by atoms with Gasteiger partial charge in [0.1, 0.15) is 5.03 Å². The highest BCUT2D eigenvalue weighted by atomic mass is 35.5. The summed E-state index contributed by atoms with van der Waals surface area (Å²) in [7, 11) is 1.55. The predicted octanol–water partition coefficient (Wildman–Crippen LogP) is 3.42. The van der Waals surface area contributed by atoms with Gasteiger partial charge in [-0.2, -0.15) is 5.26 Å². The Morgan fingerprint density at radius 3 is 2.73 bits per heavy atom. The van der Waals surface area contributed by atoms with Gasteiger partial charge in [0.2, 0.25) is 0 Å². The molecule has 0 spiro atoms. The molecule has 0 aliphatic heterocycles. The molecule has 1 amide bonds. The Kier molecular flexibility index (Phi) is 7.45. The van der Waals surface area contributed by atoms with E-state index >= 15 is 0 Å². The van der Waals surface area contributed by atoms with Crippen LogP contribution in [0.1, 0.15) is 16.8 Å². The predicted molar refractivity (Wildman–Crippen MR) is 98.0 cm³/mol. The first-order chi connectivity index (χ1) is 12.5. The van der Waals surface area contributed by atoms with E-state index in [1.165, 1.54) is 16.7 Å². The number of rotatable bonds is 7. The Hall–Kier alpha value is -2.56. The van der Waals surface area contributed by atoms with Crippen LogP contribution in [0.15, 0.2) is 52.5 Å². The first-order valence-corrected chi connectivity index (χ1v) is 8.87. The van der Waals surface area contributed by atoms with Gasteiger partial charge in [-0.1, -0.05) is 23.4 Å². The van der Waals surface area contributed by atoms with Gasteiger partial charge in [0.25, 0.3) is 5.91 Å². The van der Waals surface area contributed by atoms with Crippen molar-refractivity contribution < 1.29 is 14.3 Å². The Balaban J connectivity index is 2.02. The van der Waals surface area contributed by atoms with E-state index in [9.17, 15) is 9.59 Å². The third kappa shape index (κ3) is 5.76. The number of carbonyl (C=O) groups is 2. The van der Waals surface area contributed by atoms with Crippen molar-refractivity contribution in [1.82, 2.24) is 9.88 Å². The van der Waals surface area contributed by atoms with Crippen molar-refractivity contribution in [2.24, 2.45) is 0 Å². The summed E-state index contributed by atoms with van der Waals surface area (Å²) in [6, 6.07) is 12.3. The first-order valence-electron chi connectivity index (χ1n) is 7.67. The second kappa shape index (κ2) is 9.80. The van der Waals surface area contributed by atoms with Gasteiger partial charge in [0.05, 0.1) is 18.1 Å². The molecule has 0 fully saturated rings. The Labute approximate surface area is 160 Å². The van der Waals surface area contributed by atoms with Gasteiger partial charge in [-0.05, 0) is 36.4 Å². The lowest BCUT2D eigenvalue weighted by Gasteiger charge is -2.15. The molecule has 1 aromatic carbocycles. The van der Waals surface area contributed by atoms with Crippen molar-refractivity contribution >= 4 is 35.2 Å². The van der Waals surface area contributed by atoms with Gasteiger partial charge in [-0.25, -0.2) is 9.78 Å². The van der Waals surface area contributed by atoms with E-state index in [0.717, 1.165) is 4.90 Å². The molecule has 8 heteroatoms. The van der Waals surface area contributed by atoms with Crippen LogP contribution in [0.5, 0.6) is 0 Å². The molecular formula is C18H16ClN3O3S. The number of nitrogens with zero attached hydrogens (tertiary/aromatic N) is 3. The average Bonchev–Trinajstić information content (AvgIpc) is 2.66. The quantitative estimate of drug-likeness (QED) is 0.675. The number of hydrogen-bond donors (Lipinski definition) is 0. The molecule has 134 valence electrons. The molecule has 0 radical (unpaired) electrons. The lowest BCUT2D eigenvalue weighted by atomic mass is 10.3. The van der Waals surface area contributed by atoms with Crippen LogP contribution in [0.2, 0.25) is 5.02 Å². The van der Waals surface area contributed by atoms with Gasteiger partial charge in [-0.15, -0.1) is 0 Å². The lowest BCUT2D eigenvalue weighted by Crippen LogP contribution is -2.32. The van der Waals surface area contributed by atoms with Crippen molar-refractivity contribution in [1.29, 1.82) is 5.26 Å². The number of pyridine rings is 1. The normalized spacial score (nSPS) is 10.0. The van der Waals surface area contributed by atoms with Crippen LogP contribution in [0.25, 0.3) is 0 Å². The van der Waals surface area contributed by atoms with Gasteiger partial charge in [0, 0.05) is 29.7 Å². The van der Waals surface area contributed by atoms with Crippen LogP contribution in [0.4, 0.5) is 0 Å². The third-order valence-electron chi connectivity index (χ3n) is 3.33. The number of likely N-dealkylation sites (N-methyl/N-ethyl adjacent to an activating group) is 1. The van der Waals surface area contributed by atoms with E-state index in [2.05, 4.69) is 4.98 Å².